The van der Waals surface area contributed by atoms with E-state index >= 15 is 0 Å². The SMILES string of the molecule is CC1=CCC(S(=O)(=O)N=Nc2c(O)[nH]c3ccccc23)C=C1. The summed E-state index contributed by atoms with van der Waals surface area (Å²) in [5.41, 5.74) is 1.82. The van der Waals surface area contributed by atoms with Gasteiger partial charge in [0.05, 0.1) is 5.52 Å². The lowest BCUT2D eigenvalue weighted by Crippen LogP contribution is -2.17. The van der Waals surface area contributed by atoms with Gasteiger partial charge in [-0.3, -0.25) is 0 Å². The number of fused-ring (bicyclic) bond motifs is 1. The number of para-hydroxylation sites is 1. The Balaban J connectivity index is 1.93. The molecule has 0 spiro atoms. The first-order valence-corrected chi connectivity index (χ1v) is 8.29. The van der Waals surface area contributed by atoms with Crippen LogP contribution < -0.4 is 0 Å². The fourth-order valence-corrected chi connectivity index (χ4v) is 3.23. The normalized spacial score (nSPS) is 19.0. The third-order valence-corrected chi connectivity index (χ3v) is 4.97. The molecule has 0 saturated carbocycles. The van der Waals surface area contributed by atoms with E-state index in [0.717, 1.165) is 5.57 Å². The maximum atomic E-state index is 12.2. The van der Waals surface area contributed by atoms with E-state index in [4.69, 9.17) is 0 Å². The third-order valence-electron chi connectivity index (χ3n) is 3.54. The molecular weight excluding hydrogens is 302 g/mol. The number of nitrogens with zero attached hydrogens (tertiary/aromatic N) is 2. The zero-order valence-electron chi connectivity index (χ0n) is 11.9. The molecule has 2 N–H and O–H groups in total. The van der Waals surface area contributed by atoms with Crippen LogP contribution in [0, 0.1) is 0 Å². The lowest BCUT2D eigenvalue weighted by Gasteiger charge is -2.11. The fraction of sp³-hybridized carbons (Fsp3) is 0.200. The van der Waals surface area contributed by atoms with Crippen LogP contribution in [-0.2, 0) is 10.0 Å². The van der Waals surface area contributed by atoms with Gasteiger partial charge in [0, 0.05) is 5.39 Å². The second kappa shape index (κ2) is 5.42. The summed E-state index contributed by atoms with van der Waals surface area (Å²) in [5.74, 6) is -0.199. The largest absolute Gasteiger partial charge is 0.493 e. The first-order valence-electron chi connectivity index (χ1n) is 6.79. The van der Waals surface area contributed by atoms with E-state index in [2.05, 4.69) is 14.6 Å². The average Bonchev–Trinajstić information content (AvgIpc) is 2.81. The molecule has 1 atom stereocenters. The van der Waals surface area contributed by atoms with Crippen molar-refractivity contribution in [2.75, 3.05) is 0 Å². The number of aromatic nitrogens is 1. The van der Waals surface area contributed by atoms with E-state index in [0.29, 0.717) is 17.3 Å². The Hall–Kier alpha value is -2.41. The zero-order chi connectivity index (χ0) is 15.7. The van der Waals surface area contributed by atoms with Crippen molar-refractivity contribution in [1.29, 1.82) is 0 Å². The summed E-state index contributed by atoms with van der Waals surface area (Å²) in [7, 11) is -3.77. The number of benzene rings is 1. The number of sulfonamides is 1. The van der Waals surface area contributed by atoms with Crippen LogP contribution in [0.15, 0.2) is 57.7 Å². The summed E-state index contributed by atoms with van der Waals surface area (Å²) < 4.78 is 27.9. The second-order valence-electron chi connectivity index (χ2n) is 5.15. The van der Waals surface area contributed by atoms with Crippen molar-refractivity contribution in [1.82, 2.24) is 4.98 Å². The van der Waals surface area contributed by atoms with Gasteiger partial charge < -0.3 is 10.1 Å². The van der Waals surface area contributed by atoms with Gasteiger partial charge in [-0.15, -0.1) is 5.11 Å². The van der Waals surface area contributed by atoms with Gasteiger partial charge in [-0.05, 0) is 19.4 Å². The van der Waals surface area contributed by atoms with Crippen LogP contribution in [0.5, 0.6) is 5.88 Å². The molecule has 3 rings (SSSR count). The van der Waals surface area contributed by atoms with Crippen LogP contribution in [0.3, 0.4) is 0 Å². The maximum Gasteiger partial charge on any atom is 0.277 e. The van der Waals surface area contributed by atoms with Gasteiger partial charge in [-0.1, -0.05) is 46.5 Å². The molecule has 0 amide bonds. The highest BCUT2D eigenvalue weighted by Crippen LogP contribution is 2.35. The molecule has 6 nitrogen and oxygen atoms in total. The number of hydrogen-bond donors (Lipinski definition) is 2. The van der Waals surface area contributed by atoms with Gasteiger partial charge in [0.15, 0.2) is 5.69 Å². The number of rotatable bonds is 3. The molecule has 0 bridgehead atoms. The van der Waals surface area contributed by atoms with Crippen LogP contribution in [0.4, 0.5) is 5.69 Å². The van der Waals surface area contributed by atoms with E-state index < -0.39 is 15.3 Å². The summed E-state index contributed by atoms with van der Waals surface area (Å²) >= 11 is 0. The minimum Gasteiger partial charge on any atom is -0.493 e. The summed E-state index contributed by atoms with van der Waals surface area (Å²) in [4.78, 5) is 2.73. The molecule has 1 aliphatic rings. The fourth-order valence-electron chi connectivity index (χ4n) is 2.30. The molecule has 0 radical (unpaired) electrons. The monoisotopic (exact) mass is 317 g/mol. The first kappa shape index (κ1) is 14.5. The lowest BCUT2D eigenvalue weighted by atomic mass is 10.1. The molecule has 1 unspecified atom stereocenters. The van der Waals surface area contributed by atoms with Gasteiger partial charge in [0.2, 0.25) is 5.88 Å². The van der Waals surface area contributed by atoms with Crippen molar-refractivity contribution < 1.29 is 13.5 Å². The predicted molar refractivity (Wildman–Crippen MR) is 84.7 cm³/mol. The summed E-state index contributed by atoms with van der Waals surface area (Å²) in [5, 5.41) is 13.5. The molecule has 0 aliphatic heterocycles. The first-order chi connectivity index (χ1) is 10.5. The van der Waals surface area contributed by atoms with Crippen molar-refractivity contribution in [2.24, 2.45) is 9.63 Å². The van der Waals surface area contributed by atoms with Gasteiger partial charge in [0.25, 0.3) is 10.0 Å². The Morgan fingerprint density at radius 2 is 2.09 bits per heavy atom. The highest BCUT2D eigenvalue weighted by Gasteiger charge is 2.23. The second-order valence-corrected chi connectivity index (χ2v) is 6.94. The highest BCUT2D eigenvalue weighted by atomic mass is 32.2. The molecule has 22 heavy (non-hydrogen) atoms. The van der Waals surface area contributed by atoms with Gasteiger partial charge in [-0.25, -0.2) is 8.42 Å². The van der Waals surface area contributed by atoms with E-state index in [9.17, 15) is 13.5 Å². The molecule has 0 saturated heterocycles. The molecular formula is C15H15N3O3S. The molecule has 0 fully saturated rings. The van der Waals surface area contributed by atoms with Crippen molar-refractivity contribution >= 4 is 26.6 Å². The van der Waals surface area contributed by atoms with Crippen LogP contribution in [-0.4, -0.2) is 23.8 Å². The molecule has 1 aromatic heterocycles. The average molecular weight is 317 g/mol. The lowest BCUT2D eigenvalue weighted by molar-refractivity contribution is 0.459. The number of hydrogen-bond acceptors (Lipinski definition) is 4. The van der Waals surface area contributed by atoms with Crippen LogP contribution in [0.2, 0.25) is 0 Å². The van der Waals surface area contributed by atoms with Crippen LogP contribution in [0.1, 0.15) is 13.3 Å². The van der Waals surface area contributed by atoms with E-state index in [-0.39, 0.29) is 11.6 Å². The van der Waals surface area contributed by atoms with Crippen molar-refractivity contribution in [3.05, 3.63) is 48.1 Å². The molecule has 1 heterocycles. The predicted octanol–water partition coefficient (Wildman–Crippen LogP) is 3.56. The van der Waals surface area contributed by atoms with E-state index in [1.807, 2.05) is 13.0 Å². The minimum atomic E-state index is -3.77. The molecule has 1 aliphatic carbocycles. The maximum absolute atomic E-state index is 12.2. The highest BCUT2D eigenvalue weighted by molar-refractivity contribution is 7.90. The van der Waals surface area contributed by atoms with Gasteiger partial charge in [-0.2, -0.15) is 0 Å². The number of aromatic amines is 1. The number of nitrogens with one attached hydrogen (secondary N) is 1. The number of H-pyrrole nitrogens is 1. The Kier molecular flexibility index (Phi) is 3.58. The molecule has 2 aromatic rings. The zero-order valence-corrected chi connectivity index (χ0v) is 12.7. The molecule has 1 aromatic carbocycles. The van der Waals surface area contributed by atoms with Crippen LogP contribution in [0.25, 0.3) is 10.9 Å². The summed E-state index contributed by atoms with van der Waals surface area (Å²) in [6.45, 7) is 1.91. The molecule has 7 heteroatoms. The minimum absolute atomic E-state index is 0.130. The number of aromatic hydroxyl groups is 1. The Labute approximate surface area is 127 Å². The van der Waals surface area contributed by atoms with Gasteiger partial charge in [0.1, 0.15) is 5.25 Å². The van der Waals surface area contributed by atoms with Gasteiger partial charge >= 0.3 is 0 Å². The third kappa shape index (κ3) is 2.67. The van der Waals surface area contributed by atoms with Crippen LogP contribution >= 0.6 is 0 Å². The standard InChI is InChI=1S/C15H15N3O3S/c1-10-6-8-11(9-7-10)22(20,21)18-17-14-12-4-2-3-5-13(12)16-15(14)19/h2-8,11,16,19H,9H2,1H3. The van der Waals surface area contributed by atoms with Crippen molar-refractivity contribution in [2.45, 2.75) is 18.6 Å². The topological polar surface area (TPSA) is 94.9 Å². The Bertz CT molecular complexity index is 907. The van der Waals surface area contributed by atoms with Crippen molar-refractivity contribution in [3.8, 4) is 5.88 Å². The number of allylic oxidation sites excluding steroid dienone is 3. The van der Waals surface area contributed by atoms with E-state index in [1.54, 1.807) is 36.4 Å². The smallest absolute Gasteiger partial charge is 0.277 e. The quantitative estimate of drug-likeness (QED) is 0.847. The van der Waals surface area contributed by atoms with Crippen molar-refractivity contribution in [3.63, 3.8) is 0 Å². The Morgan fingerprint density at radius 1 is 1.32 bits per heavy atom. The van der Waals surface area contributed by atoms with E-state index in [1.165, 1.54) is 0 Å². The summed E-state index contributed by atoms with van der Waals surface area (Å²) in [6.07, 6.45) is 5.59. The molecule has 114 valence electrons. The summed E-state index contributed by atoms with van der Waals surface area (Å²) in [6, 6.07) is 7.08. The Morgan fingerprint density at radius 3 is 2.82 bits per heavy atom.